The highest BCUT2D eigenvalue weighted by Crippen LogP contribution is 2.31. The SMILES string of the molecule is CC1=NN(Cc2cccc3ccccc23)c2nc3c(c(=O)n(C)c(=O)n3C)n2[C@H]1C. The first kappa shape index (κ1) is 18.4. The van der Waals surface area contributed by atoms with E-state index in [9.17, 15) is 9.59 Å². The zero-order chi connectivity index (χ0) is 21.2. The lowest BCUT2D eigenvalue weighted by Gasteiger charge is -2.29. The van der Waals surface area contributed by atoms with Crippen LogP contribution in [-0.4, -0.2) is 24.4 Å². The van der Waals surface area contributed by atoms with Crippen LogP contribution in [0.25, 0.3) is 21.9 Å². The number of nitrogens with zero attached hydrogens (tertiary/aromatic N) is 6. The summed E-state index contributed by atoms with van der Waals surface area (Å²) in [4.78, 5) is 30.1. The van der Waals surface area contributed by atoms with Crippen LogP contribution in [0.5, 0.6) is 0 Å². The van der Waals surface area contributed by atoms with E-state index in [-0.39, 0.29) is 11.6 Å². The fourth-order valence-corrected chi connectivity index (χ4v) is 4.16. The molecule has 2 aromatic heterocycles. The lowest BCUT2D eigenvalue weighted by atomic mass is 10.0. The Morgan fingerprint density at radius 1 is 1.00 bits per heavy atom. The van der Waals surface area contributed by atoms with Gasteiger partial charge in [-0.05, 0) is 30.2 Å². The predicted molar refractivity (Wildman–Crippen MR) is 118 cm³/mol. The van der Waals surface area contributed by atoms with E-state index in [2.05, 4.69) is 29.2 Å². The minimum absolute atomic E-state index is 0.140. The fourth-order valence-electron chi connectivity index (χ4n) is 4.16. The summed E-state index contributed by atoms with van der Waals surface area (Å²) in [6, 6.07) is 14.3. The average Bonchev–Trinajstić information content (AvgIpc) is 3.16. The van der Waals surface area contributed by atoms with Gasteiger partial charge in [-0.3, -0.25) is 18.5 Å². The Morgan fingerprint density at radius 2 is 1.73 bits per heavy atom. The average molecular weight is 402 g/mol. The van der Waals surface area contributed by atoms with Crippen LogP contribution in [0.15, 0.2) is 57.2 Å². The molecule has 0 fully saturated rings. The van der Waals surface area contributed by atoms with E-state index in [1.165, 1.54) is 11.6 Å². The molecule has 8 heteroatoms. The second-order valence-electron chi connectivity index (χ2n) is 7.77. The van der Waals surface area contributed by atoms with Crippen LogP contribution in [0.2, 0.25) is 0 Å². The molecule has 1 aliphatic heterocycles. The van der Waals surface area contributed by atoms with Crippen molar-refractivity contribution in [2.24, 2.45) is 19.2 Å². The largest absolute Gasteiger partial charge is 0.332 e. The topological polar surface area (TPSA) is 77.4 Å². The van der Waals surface area contributed by atoms with Crippen LogP contribution < -0.4 is 16.3 Å². The molecule has 0 N–H and O–H groups in total. The summed E-state index contributed by atoms with van der Waals surface area (Å²) in [6.07, 6.45) is 0. The maximum absolute atomic E-state index is 13.0. The zero-order valence-corrected chi connectivity index (χ0v) is 17.3. The van der Waals surface area contributed by atoms with E-state index in [0.717, 1.165) is 26.6 Å². The number of hydrogen-bond acceptors (Lipinski definition) is 5. The third kappa shape index (κ3) is 2.46. The minimum Gasteiger partial charge on any atom is -0.294 e. The number of aryl methyl sites for hydroxylation is 1. The van der Waals surface area contributed by atoms with Gasteiger partial charge in [-0.25, -0.2) is 9.80 Å². The van der Waals surface area contributed by atoms with Crippen molar-refractivity contribution in [1.29, 1.82) is 0 Å². The molecular weight excluding hydrogens is 380 g/mol. The smallest absolute Gasteiger partial charge is 0.294 e. The van der Waals surface area contributed by atoms with Crippen molar-refractivity contribution in [3.05, 3.63) is 68.9 Å². The van der Waals surface area contributed by atoms with E-state index < -0.39 is 5.69 Å². The van der Waals surface area contributed by atoms with Crippen LogP contribution in [0.1, 0.15) is 25.5 Å². The van der Waals surface area contributed by atoms with Gasteiger partial charge in [0.05, 0.1) is 18.3 Å². The Bertz CT molecular complexity index is 1470. The summed E-state index contributed by atoms with van der Waals surface area (Å²) in [5.41, 5.74) is 2.03. The van der Waals surface area contributed by atoms with E-state index in [0.29, 0.717) is 23.7 Å². The van der Waals surface area contributed by atoms with Gasteiger partial charge in [-0.1, -0.05) is 42.5 Å². The van der Waals surface area contributed by atoms with Gasteiger partial charge in [0.1, 0.15) is 0 Å². The number of hydrazone groups is 1. The molecule has 0 amide bonds. The van der Waals surface area contributed by atoms with Crippen LogP contribution in [0.3, 0.4) is 0 Å². The number of anilines is 1. The molecule has 2 aromatic carbocycles. The summed E-state index contributed by atoms with van der Waals surface area (Å²) >= 11 is 0. The van der Waals surface area contributed by atoms with Crippen molar-refractivity contribution in [1.82, 2.24) is 18.7 Å². The lowest BCUT2D eigenvalue weighted by molar-refractivity contribution is 0.634. The molecule has 4 aromatic rings. The second-order valence-corrected chi connectivity index (χ2v) is 7.77. The molecule has 0 radical (unpaired) electrons. The van der Waals surface area contributed by atoms with Crippen LogP contribution in [0.4, 0.5) is 5.95 Å². The molecule has 152 valence electrons. The van der Waals surface area contributed by atoms with Crippen molar-refractivity contribution < 1.29 is 0 Å². The van der Waals surface area contributed by atoms with Crippen LogP contribution in [-0.2, 0) is 20.6 Å². The van der Waals surface area contributed by atoms with Gasteiger partial charge in [0, 0.05) is 14.1 Å². The van der Waals surface area contributed by atoms with Gasteiger partial charge >= 0.3 is 5.69 Å². The van der Waals surface area contributed by atoms with E-state index in [4.69, 9.17) is 5.10 Å². The molecular formula is C22H22N6O2. The maximum atomic E-state index is 13.0. The van der Waals surface area contributed by atoms with Crippen molar-refractivity contribution in [2.45, 2.75) is 26.4 Å². The van der Waals surface area contributed by atoms with Crippen molar-refractivity contribution in [3.63, 3.8) is 0 Å². The molecule has 30 heavy (non-hydrogen) atoms. The maximum Gasteiger partial charge on any atom is 0.332 e. The fraction of sp³-hybridized carbons (Fsp3) is 0.273. The van der Waals surface area contributed by atoms with Crippen molar-refractivity contribution >= 4 is 33.6 Å². The Hall–Kier alpha value is -3.68. The first-order chi connectivity index (χ1) is 14.4. The standard InChI is InChI=1S/C22H22N6O2/c1-13-14(2)28-18-19(25(3)22(30)26(4)20(18)29)23-21(28)27(24-13)12-16-10-7-9-15-8-5-6-11-17(15)16/h5-11,14H,12H2,1-4H3/t14-/m0/s1. The van der Waals surface area contributed by atoms with Crippen molar-refractivity contribution in [3.8, 4) is 0 Å². The normalized spacial score (nSPS) is 16.2. The van der Waals surface area contributed by atoms with Crippen molar-refractivity contribution in [2.75, 3.05) is 5.01 Å². The van der Waals surface area contributed by atoms with Gasteiger partial charge in [0.25, 0.3) is 5.56 Å². The number of benzene rings is 2. The summed E-state index contributed by atoms with van der Waals surface area (Å²) in [7, 11) is 3.13. The highest BCUT2D eigenvalue weighted by Gasteiger charge is 2.30. The summed E-state index contributed by atoms with van der Waals surface area (Å²) < 4.78 is 4.44. The second kappa shape index (κ2) is 6.41. The molecule has 0 saturated carbocycles. The number of aromatic nitrogens is 4. The molecule has 0 saturated heterocycles. The Balaban J connectivity index is 1.75. The minimum atomic E-state index is -0.395. The molecule has 1 aliphatic rings. The molecule has 8 nitrogen and oxygen atoms in total. The van der Waals surface area contributed by atoms with Crippen LogP contribution >= 0.6 is 0 Å². The Labute approximate surface area is 172 Å². The monoisotopic (exact) mass is 402 g/mol. The third-order valence-corrected chi connectivity index (χ3v) is 5.97. The summed E-state index contributed by atoms with van der Waals surface area (Å²) in [5, 5.41) is 8.91. The molecule has 5 rings (SSSR count). The molecule has 3 heterocycles. The van der Waals surface area contributed by atoms with Gasteiger partial charge in [0.2, 0.25) is 5.95 Å². The predicted octanol–water partition coefficient (Wildman–Crippen LogP) is 2.54. The number of hydrogen-bond donors (Lipinski definition) is 0. The Kier molecular flexibility index (Phi) is 3.92. The third-order valence-electron chi connectivity index (χ3n) is 5.97. The van der Waals surface area contributed by atoms with Gasteiger partial charge < -0.3 is 0 Å². The molecule has 0 unspecified atom stereocenters. The first-order valence-corrected chi connectivity index (χ1v) is 9.85. The number of rotatable bonds is 2. The van der Waals surface area contributed by atoms with E-state index >= 15 is 0 Å². The quantitative estimate of drug-likeness (QED) is 0.516. The molecule has 1 atom stereocenters. The highest BCUT2D eigenvalue weighted by atomic mass is 16.2. The molecule has 0 aliphatic carbocycles. The highest BCUT2D eigenvalue weighted by molar-refractivity contribution is 5.91. The Morgan fingerprint density at radius 3 is 2.53 bits per heavy atom. The lowest BCUT2D eigenvalue weighted by Crippen LogP contribution is -2.38. The van der Waals surface area contributed by atoms with Gasteiger partial charge in [-0.2, -0.15) is 10.1 Å². The zero-order valence-electron chi connectivity index (χ0n) is 17.3. The van der Waals surface area contributed by atoms with Crippen LogP contribution in [0, 0.1) is 0 Å². The first-order valence-electron chi connectivity index (χ1n) is 9.85. The number of fused-ring (bicyclic) bond motifs is 4. The molecule has 0 bridgehead atoms. The number of imidazole rings is 1. The molecule has 0 spiro atoms. The summed E-state index contributed by atoms with van der Waals surface area (Å²) in [6.45, 7) is 4.44. The summed E-state index contributed by atoms with van der Waals surface area (Å²) in [5.74, 6) is 0.564. The van der Waals surface area contributed by atoms with Gasteiger partial charge in [0.15, 0.2) is 11.2 Å². The van der Waals surface area contributed by atoms with E-state index in [1.54, 1.807) is 7.05 Å². The van der Waals surface area contributed by atoms with Gasteiger partial charge in [-0.15, -0.1) is 0 Å². The van der Waals surface area contributed by atoms with E-state index in [1.807, 2.05) is 41.6 Å².